The third-order valence-corrected chi connectivity index (χ3v) is 2.85. The molecule has 0 heterocycles. The molecule has 0 aliphatic carbocycles. The van der Waals surface area contributed by atoms with Gasteiger partial charge < -0.3 is 15.7 Å². The number of aromatic hydroxyl groups is 1. The van der Waals surface area contributed by atoms with Crippen LogP contribution in [0.15, 0.2) is 24.3 Å². The maximum Gasteiger partial charge on any atom is 0.257 e. The first-order valence-corrected chi connectivity index (χ1v) is 5.16. The molecule has 16 heavy (non-hydrogen) atoms. The topological polar surface area (TPSA) is 66.6 Å². The number of phenols is 1. The maximum atomic E-state index is 12.1. The smallest absolute Gasteiger partial charge is 0.257 e. The zero-order valence-corrected chi connectivity index (χ0v) is 9.90. The van der Waals surface area contributed by atoms with Crippen LogP contribution in [0.3, 0.4) is 0 Å². The highest BCUT2D eigenvalue weighted by molar-refractivity contribution is 5.97. The quantitative estimate of drug-likeness (QED) is 0.807. The van der Waals surface area contributed by atoms with E-state index in [0.29, 0.717) is 12.1 Å². The number of para-hydroxylation sites is 1. The van der Waals surface area contributed by atoms with Crippen molar-refractivity contribution in [2.75, 3.05) is 13.6 Å². The van der Waals surface area contributed by atoms with Gasteiger partial charge in [0.2, 0.25) is 0 Å². The number of phenolic OH excluding ortho intramolecular Hbond substituents is 1. The normalized spacial score (nSPS) is 11.2. The largest absolute Gasteiger partial charge is 0.507 e. The minimum Gasteiger partial charge on any atom is -0.507 e. The molecule has 1 aromatic rings. The number of nitrogens with zero attached hydrogens (tertiary/aromatic N) is 1. The summed E-state index contributed by atoms with van der Waals surface area (Å²) in [6.45, 7) is 4.12. The van der Waals surface area contributed by atoms with Crippen LogP contribution >= 0.6 is 0 Å². The molecule has 4 nitrogen and oxygen atoms in total. The average molecular weight is 222 g/mol. The number of amides is 1. The van der Waals surface area contributed by atoms with Gasteiger partial charge in [0.25, 0.3) is 5.91 Å². The molecule has 4 heteroatoms. The summed E-state index contributed by atoms with van der Waals surface area (Å²) in [7, 11) is 1.68. The second-order valence-corrected chi connectivity index (χ2v) is 4.40. The van der Waals surface area contributed by atoms with Crippen molar-refractivity contribution in [3.05, 3.63) is 29.8 Å². The lowest BCUT2D eigenvalue weighted by Crippen LogP contribution is -2.50. The monoisotopic (exact) mass is 222 g/mol. The van der Waals surface area contributed by atoms with Crippen molar-refractivity contribution < 1.29 is 9.90 Å². The summed E-state index contributed by atoms with van der Waals surface area (Å²) in [5, 5.41) is 9.59. The lowest BCUT2D eigenvalue weighted by molar-refractivity contribution is 0.0637. The number of carbonyl (C=O) groups is 1. The number of rotatable bonds is 3. The van der Waals surface area contributed by atoms with Gasteiger partial charge in [-0.25, -0.2) is 0 Å². The summed E-state index contributed by atoms with van der Waals surface area (Å²) in [5.41, 5.74) is 5.47. The minimum absolute atomic E-state index is 0.00725. The van der Waals surface area contributed by atoms with Crippen molar-refractivity contribution in [2.45, 2.75) is 19.4 Å². The number of likely N-dealkylation sites (N-methyl/N-ethyl adjacent to an activating group) is 1. The van der Waals surface area contributed by atoms with Gasteiger partial charge in [0, 0.05) is 19.1 Å². The number of benzene rings is 1. The van der Waals surface area contributed by atoms with Crippen LogP contribution < -0.4 is 5.73 Å². The van der Waals surface area contributed by atoms with E-state index in [1.165, 1.54) is 6.07 Å². The Morgan fingerprint density at radius 1 is 1.44 bits per heavy atom. The Morgan fingerprint density at radius 2 is 2.00 bits per heavy atom. The number of hydrogen-bond donors (Lipinski definition) is 2. The van der Waals surface area contributed by atoms with E-state index in [4.69, 9.17) is 5.73 Å². The third-order valence-electron chi connectivity index (χ3n) is 2.85. The van der Waals surface area contributed by atoms with Crippen LogP contribution in [0.1, 0.15) is 24.2 Å². The van der Waals surface area contributed by atoms with Gasteiger partial charge in [-0.3, -0.25) is 4.79 Å². The van der Waals surface area contributed by atoms with Crippen LogP contribution in [0, 0.1) is 0 Å². The van der Waals surface area contributed by atoms with E-state index >= 15 is 0 Å². The number of nitrogens with two attached hydrogens (primary N) is 1. The fraction of sp³-hybridized carbons (Fsp3) is 0.417. The van der Waals surface area contributed by atoms with Gasteiger partial charge in [-0.2, -0.15) is 0 Å². The van der Waals surface area contributed by atoms with Crippen molar-refractivity contribution in [3.8, 4) is 5.75 Å². The lowest BCUT2D eigenvalue weighted by atomic mass is 10.0. The van der Waals surface area contributed by atoms with Gasteiger partial charge in [0.05, 0.1) is 5.56 Å². The Morgan fingerprint density at radius 3 is 2.50 bits per heavy atom. The van der Waals surface area contributed by atoms with Gasteiger partial charge in [-0.15, -0.1) is 0 Å². The summed E-state index contributed by atoms with van der Waals surface area (Å²) < 4.78 is 0. The molecule has 3 N–H and O–H groups in total. The van der Waals surface area contributed by atoms with Gasteiger partial charge in [-0.1, -0.05) is 12.1 Å². The molecule has 0 radical (unpaired) electrons. The van der Waals surface area contributed by atoms with E-state index in [2.05, 4.69) is 0 Å². The average Bonchev–Trinajstić information content (AvgIpc) is 2.27. The molecular formula is C12H18N2O2. The van der Waals surface area contributed by atoms with E-state index in [-0.39, 0.29) is 11.7 Å². The summed E-state index contributed by atoms with van der Waals surface area (Å²) >= 11 is 0. The van der Waals surface area contributed by atoms with Gasteiger partial charge in [0.1, 0.15) is 5.75 Å². The third kappa shape index (κ3) is 2.33. The van der Waals surface area contributed by atoms with Crippen LogP contribution in [0.4, 0.5) is 0 Å². The van der Waals surface area contributed by atoms with Crippen LogP contribution in [0.25, 0.3) is 0 Å². The molecule has 0 saturated carbocycles. The predicted octanol–water partition coefficient (Wildman–Crippen LogP) is 1.20. The molecule has 0 fully saturated rings. The fourth-order valence-corrected chi connectivity index (χ4v) is 1.25. The fourth-order valence-electron chi connectivity index (χ4n) is 1.25. The minimum atomic E-state index is -0.431. The zero-order chi connectivity index (χ0) is 12.3. The molecule has 0 spiro atoms. The van der Waals surface area contributed by atoms with Gasteiger partial charge >= 0.3 is 0 Å². The molecule has 1 rings (SSSR count). The molecule has 1 amide bonds. The second kappa shape index (κ2) is 4.53. The molecule has 0 saturated heterocycles. The highest BCUT2D eigenvalue weighted by Crippen LogP contribution is 2.21. The maximum absolute atomic E-state index is 12.1. The molecule has 0 bridgehead atoms. The first-order valence-electron chi connectivity index (χ1n) is 5.16. The Kier molecular flexibility index (Phi) is 3.55. The summed E-state index contributed by atoms with van der Waals surface area (Å²) in [5.74, 6) is -0.235. The molecular weight excluding hydrogens is 204 g/mol. The Labute approximate surface area is 95.7 Å². The Hall–Kier alpha value is -1.55. The summed E-state index contributed by atoms with van der Waals surface area (Å²) in [6.07, 6.45) is 0. The molecule has 88 valence electrons. The number of carbonyl (C=O) groups excluding carboxylic acids is 1. The summed E-state index contributed by atoms with van der Waals surface area (Å²) in [6, 6.07) is 6.49. The van der Waals surface area contributed by atoms with Crippen LogP contribution in [-0.4, -0.2) is 35.0 Å². The van der Waals surface area contributed by atoms with Crippen LogP contribution in [-0.2, 0) is 0 Å². The Bertz CT molecular complexity index is 388. The SMILES string of the molecule is CN(C(=O)c1ccccc1O)C(C)(C)CN. The van der Waals surface area contributed by atoms with E-state index < -0.39 is 5.54 Å². The van der Waals surface area contributed by atoms with E-state index in [1.807, 2.05) is 13.8 Å². The standard InChI is InChI=1S/C12H18N2O2/c1-12(2,8-13)14(3)11(16)9-6-4-5-7-10(9)15/h4-7,15H,8,13H2,1-3H3. The van der Waals surface area contributed by atoms with Crippen molar-refractivity contribution in [1.82, 2.24) is 4.90 Å². The van der Waals surface area contributed by atoms with Crippen molar-refractivity contribution in [1.29, 1.82) is 0 Å². The molecule has 0 unspecified atom stereocenters. The summed E-state index contributed by atoms with van der Waals surface area (Å²) in [4.78, 5) is 13.6. The molecule has 0 aliphatic rings. The van der Waals surface area contributed by atoms with Crippen molar-refractivity contribution >= 4 is 5.91 Å². The first kappa shape index (κ1) is 12.5. The van der Waals surface area contributed by atoms with E-state index in [9.17, 15) is 9.90 Å². The molecule has 0 aromatic heterocycles. The predicted molar refractivity (Wildman–Crippen MR) is 63.3 cm³/mol. The van der Waals surface area contributed by atoms with E-state index in [1.54, 1.807) is 30.1 Å². The molecule has 0 aliphatic heterocycles. The van der Waals surface area contributed by atoms with E-state index in [0.717, 1.165) is 0 Å². The lowest BCUT2D eigenvalue weighted by Gasteiger charge is -2.34. The number of hydrogen-bond acceptors (Lipinski definition) is 3. The van der Waals surface area contributed by atoms with Crippen LogP contribution in [0.5, 0.6) is 5.75 Å². The van der Waals surface area contributed by atoms with Gasteiger partial charge in [0.15, 0.2) is 0 Å². The first-order chi connectivity index (χ1) is 7.40. The van der Waals surface area contributed by atoms with Crippen molar-refractivity contribution in [2.24, 2.45) is 5.73 Å². The van der Waals surface area contributed by atoms with Gasteiger partial charge in [-0.05, 0) is 26.0 Å². The zero-order valence-electron chi connectivity index (χ0n) is 9.90. The van der Waals surface area contributed by atoms with Crippen molar-refractivity contribution in [3.63, 3.8) is 0 Å². The molecule has 1 aromatic carbocycles. The van der Waals surface area contributed by atoms with Crippen LogP contribution in [0.2, 0.25) is 0 Å². The molecule has 0 atom stereocenters. The highest BCUT2D eigenvalue weighted by atomic mass is 16.3. The second-order valence-electron chi connectivity index (χ2n) is 4.40. The highest BCUT2D eigenvalue weighted by Gasteiger charge is 2.27. The Balaban J connectivity index is 3.00.